The van der Waals surface area contributed by atoms with E-state index < -0.39 is 10.0 Å². The van der Waals surface area contributed by atoms with Crippen LogP contribution in [-0.2, 0) is 15.9 Å². The highest BCUT2D eigenvalue weighted by Crippen LogP contribution is 2.26. The zero-order valence-corrected chi connectivity index (χ0v) is 10.5. The summed E-state index contributed by atoms with van der Waals surface area (Å²) in [7, 11) is -3.48. The second kappa shape index (κ2) is 4.65. The first kappa shape index (κ1) is 12.0. The Morgan fingerprint density at radius 3 is 2.71 bits per heavy atom. The molecule has 0 radical (unpaired) electrons. The van der Waals surface area contributed by atoms with Crippen molar-refractivity contribution in [2.24, 2.45) is 0 Å². The minimum absolute atomic E-state index is 0.0787. The molecule has 0 aliphatic carbocycles. The summed E-state index contributed by atoms with van der Waals surface area (Å²) in [6.07, 6.45) is 0. The second-order valence-electron chi connectivity index (χ2n) is 2.49. The normalized spacial score (nSPS) is 11.9. The van der Waals surface area contributed by atoms with Gasteiger partial charge in [-0.15, -0.1) is 11.6 Å². The zero-order valence-electron chi connectivity index (χ0n) is 7.38. The van der Waals surface area contributed by atoms with E-state index in [0.29, 0.717) is 12.3 Å². The molecule has 80 valence electrons. The maximum Gasteiger partial charge on any atom is 0.244 e. The molecule has 1 rings (SSSR count). The monoisotopic (exact) mass is 301 g/mol. The fourth-order valence-electron chi connectivity index (χ4n) is 0.915. The third-order valence-electron chi connectivity index (χ3n) is 1.46. The first-order chi connectivity index (χ1) is 6.51. The van der Waals surface area contributed by atoms with Crippen molar-refractivity contribution in [1.29, 1.82) is 0 Å². The van der Waals surface area contributed by atoms with Crippen LogP contribution in [0.15, 0.2) is 20.0 Å². The molecule has 1 aromatic heterocycles. The lowest BCUT2D eigenvalue weighted by molar-refractivity contribution is 0.497. The number of hydrogen-bond donors (Lipinski definition) is 1. The van der Waals surface area contributed by atoms with Gasteiger partial charge in [-0.1, -0.05) is 6.92 Å². The summed E-state index contributed by atoms with van der Waals surface area (Å²) in [6.45, 7) is 2.03. The van der Waals surface area contributed by atoms with Gasteiger partial charge in [0.1, 0.15) is 10.7 Å². The van der Waals surface area contributed by atoms with E-state index in [2.05, 4.69) is 20.7 Å². The molecule has 0 aromatic carbocycles. The van der Waals surface area contributed by atoms with Gasteiger partial charge in [-0.2, -0.15) is 0 Å². The highest BCUT2D eigenvalue weighted by atomic mass is 79.9. The molecule has 0 fully saturated rings. The number of halogens is 2. The summed E-state index contributed by atoms with van der Waals surface area (Å²) in [5.74, 6) is 0.551. The summed E-state index contributed by atoms with van der Waals surface area (Å²) >= 11 is 8.53. The van der Waals surface area contributed by atoms with Crippen LogP contribution in [0.3, 0.4) is 0 Å². The number of hydrogen-bond acceptors (Lipinski definition) is 3. The largest absolute Gasteiger partial charge is 0.452 e. The molecule has 0 saturated heterocycles. The Balaban J connectivity index is 3.12. The summed E-state index contributed by atoms with van der Waals surface area (Å²) in [6, 6.07) is 1.40. The molecule has 0 aliphatic heterocycles. The van der Waals surface area contributed by atoms with Gasteiger partial charge in [0.05, 0.1) is 5.88 Å². The van der Waals surface area contributed by atoms with E-state index in [9.17, 15) is 8.42 Å². The molecular weight excluding hydrogens is 294 g/mol. The van der Waals surface area contributed by atoms with Gasteiger partial charge in [0.25, 0.3) is 0 Å². The highest BCUT2D eigenvalue weighted by Gasteiger charge is 2.21. The van der Waals surface area contributed by atoms with Crippen LogP contribution >= 0.6 is 27.5 Å². The average molecular weight is 303 g/mol. The van der Waals surface area contributed by atoms with Gasteiger partial charge >= 0.3 is 0 Å². The minimum Gasteiger partial charge on any atom is -0.452 e. The van der Waals surface area contributed by atoms with Crippen molar-refractivity contribution in [3.8, 4) is 0 Å². The summed E-state index contributed by atoms with van der Waals surface area (Å²) in [5, 5.41) is 0. The van der Waals surface area contributed by atoms with Crippen molar-refractivity contribution in [3.63, 3.8) is 0 Å². The quantitative estimate of drug-likeness (QED) is 0.866. The molecular formula is C7H9BrClNO3S. The lowest BCUT2D eigenvalue weighted by Gasteiger charge is -2.00. The topological polar surface area (TPSA) is 59.3 Å². The zero-order chi connectivity index (χ0) is 10.8. The van der Waals surface area contributed by atoms with Gasteiger partial charge in [-0.3, -0.25) is 0 Å². The Morgan fingerprint density at radius 1 is 1.64 bits per heavy atom. The molecule has 1 N–H and O–H groups in total. The predicted octanol–water partition coefficient (Wildman–Crippen LogP) is 2.08. The smallest absolute Gasteiger partial charge is 0.244 e. The van der Waals surface area contributed by atoms with Crippen LogP contribution in [-0.4, -0.2) is 15.0 Å². The van der Waals surface area contributed by atoms with Gasteiger partial charge in [-0.05, 0) is 15.9 Å². The van der Waals surface area contributed by atoms with Gasteiger partial charge in [0.15, 0.2) is 4.67 Å². The lowest BCUT2D eigenvalue weighted by Crippen LogP contribution is -2.22. The van der Waals surface area contributed by atoms with Crippen molar-refractivity contribution in [2.45, 2.75) is 17.7 Å². The maximum absolute atomic E-state index is 11.5. The van der Waals surface area contributed by atoms with Crippen molar-refractivity contribution in [3.05, 3.63) is 16.5 Å². The van der Waals surface area contributed by atoms with Crippen LogP contribution in [0.1, 0.15) is 12.7 Å². The fourth-order valence-corrected chi connectivity index (χ4v) is 3.08. The van der Waals surface area contributed by atoms with Crippen LogP contribution in [0.25, 0.3) is 0 Å². The Labute approximate surface area is 95.8 Å². The molecule has 0 saturated carbocycles. The molecule has 0 amide bonds. The Bertz CT molecular complexity index is 415. The van der Waals surface area contributed by atoms with E-state index in [1.807, 2.05) is 0 Å². The van der Waals surface area contributed by atoms with Crippen molar-refractivity contribution < 1.29 is 12.8 Å². The van der Waals surface area contributed by atoms with E-state index in [1.54, 1.807) is 6.92 Å². The van der Waals surface area contributed by atoms with E-state index in [4.69, 9.17) is 16.0 Å². The molecule has 0 unspecified atom stereocenters. The molecule has 14 heavy (non-hydrogen) atoms. The molecule has 0 aliphatic rings. The second-order valence-corrected chi connectivity index (χ2v) is 5.21. The van der Waals surface area contributed by atoms with Crippen LogP contribution < -0.4 is 4.72 Å². The minimum atomic E-state index is -3.48. The third-order valence-corrected chi connectivity index (χ3v) is 4.13. The van der Waals surface area contributed by atoms with Crippen LogP contribution in [0.2, 0.25) is 0 Å². The Morgan fingerprint density at radius 2 is 2.29 bits per heavy atom. The van der Waals surface area contributed by atoms with Crippen molar-refractivity contribution >= 4 is 37.6 Å². The number of rotatable bonds is 4. The lowest BCUT2D eigenvalue weighted by atomic mass is 10.5. The molecule has 7 heteroatoms. The third kappa shape index (κ3) is 2.50. The van der Waals surface area contributed by atoms with E-state index in [1.165, 1.54) is 6.07 Å². The van der Waals surface area contributed by atoms with Gasteiger partial charge in [0.2, 0.25) is 10.0 Å². The molecule has 0 atom stereocenters. The summed E-state index contributed by atoms with van der Waals surface area (Å²) in [4.78, 5) is 0.0787. The number of nitrogens with one attached hydrogen (secondary N) is 1. The summed E-state index contributed by atoms with van der Waals surface area (Å²) < 4.78 is 30.7. The van der Waals surface area contributed by atoms with E-state index in [-0.39, 0.29) is 15.4 Å². The number of furan rings is 1. The van der Waals surface area contributed by atoms with Crippen molar-refractivity contribution in [2.75, 3.05) is 6.54 Å². The average Bonchev–Trinajstić information content (AvgIpc) is 2.47. The van der Waals surface area contributed by atoms with Gasteiger partial charge in [0, 0.05) is 12.6 Å². The first-order valence-electron chi connectivity index (χ1n) is 3.85. The van der Waals surface area contributed by atoms with Crippen molar-refractivity contribution in [1.82, 2.24) is 4.72 Å². The predicted molar refractivity (Wildman–Crippen MR) is 56.8 cm³/mol. The van der Waals surface area contributed by atoms with E-state index >= 15 is 0 Å². The van der Waals surface area contributed by atoms with Gasteiger partial charge in [-0.25, -0.2) is 13.1 Å². The van der Waals surface area contributed by atoms with Gasteiger partial charge < -0.3 is 4.42 Å². The van der Waals surface area contributed by atoms with Crippen LogP contribution in [0, 0.1) is 0 Å². The fraction of sp³-hybridized carbons (Fsp3) is 0.429. The van der Waals surface area contributed by atoms with Crippen LogP contribution in [0.4, 0.5) is 0 Å². The molecule has 1 heterocycles. The van der Waals surface area contributed by atoms with Crippen LogP contribution in [0.5, 0.6) is 0 Å². The Kier molecular flexibility index (Phi) is 4.00. The van der Waals surface area contributed by atoms with E-state index in [0.717, 1.165) is 0 Å². The maximum atomic E-state index is 11.5. The SMILES string of the molecule is CCNS(=O)(=O)c1cc(CCl)oc1Br. The summed E-state index contributed by atoms with van der Waals surface area (Å²) in [5.41, 5.74) is 0. The first-order valence-corrected chi connectivity index (χ1v) is 6.66. The number of sulfonamides is 1. The Hall–Kier alpha value is -0.0400. The standard InChI is InChI=1S/C7H9BrClNO3S/c1-2-10-14(11,12)6-3-5(4-9)13-7(6)8/h3,10H,2,4H2,1H3. The molecule has 4 nitrogen and oxygen atoms in total. The number of alkyl halides is 1. The highest BCUT2D eigenvalue weighted by molar-refractivity contribution is 9.10. The molecule has 1 aromatic rings. The molecule has 0 bridgehead atoms. The molecule has 0 spiro atoms.